The van der Waals surface area contributed by atoms with Crippen LogP contribution < -0.4 is 4.74 Å². The van der Waals surface area contributed by atoms with E-state index in [1.807, 2.05) is 0 Å². The van der Waals surface area contributed by atoms with Gasteiger partial charge in [0.25, 0.3) is 0 Å². The van der Waals surface area contributed by atoms with E-state index in [4.69, 9.17) is 19.3 Å². The average molecular weight is 276 g/mol. The summed E-state index contributed by atoms with van der Waals surface area (Å²) in [7, 11) is 1.51. The normalized spacial score (nSPS) is 14.1. The van der Waals surface area contributed by atoms with Crippen LogP contribution in [0.5, 0.6) is 5.75 Å². The fourth-order valence-corrected chi connectivity index (χ4v) is 1.65. The molecule has 1 heterocycles. The van der Waals surface area contributed by atoms with Gasteiger partial charge in [-0.3, -0.25) is 4.79 Å². The van der Waals surface area contributed by atoms with Gasteiger partial charge >= 0.3 is 5.97 Å². The highest BCUT2D eigenvalue weighted by molar-refractivity contribution is 6.13. The van der Waals surface area contributed by atoms with Crippen LogP contribution in [0.4, 0.5) is 0 Å². The van der Waals surface area contributed by atoms with Crippen LogP contribution in [0.15, 0.2) is 47.9 Å². The number of hydrogen-bond donors (Lipinski definition) is 1. The summed E-state index contributed by atoms with van der Waals surface area (Å²) in [5.74, 6) is -0.997. The highest BCUT2D eigenvalue weighted by Gasteiger charge is 2.22. The summed E-state index contributed by atoms with van der Waals surface area (Å²) in [5, 5.41) is 8.85. The van der Waals surface area contributed by atoms with E-state index in [1.165, 1.54) is 13.4 Å². The lowest BCUT2D eigenvalue weighted by molar-refractivity contribution is -0.131. The maximum Gasteiger partial charge on any atom is 0.329 e. The number of methoxy groups -OCH3 is 1. The number of carboxylic acid groups (broad SMARTS) is 1. The smallest absolute Gasteiger partial charge is 0.329 e. The molecule has 0 unspecified atom stereocenters. The molecule has 0 fully saturated rings. The van der Waals surface area contributed by atoms with E-state index in [2.05, 4.69) is 0 Å². The topological polar surface area (TPSA) is 82.1 Å². The van der Waals surface area contributed by atoms with Gasteiger partial charge in [0, 0.05) is 11.6 Å². The molecule has 1 N–H and O–H groups in total. The van der Waals surface area contributed by atoms with Gasteiger partial charge in [0.15, 0.2) is 11.5 Å². The predicted octanol–water partition coefficient (Wildman–Crippen LogP) is 1.73. The predicted molar refractivity (Wildman–Crippen MR) is 68.2 cm³/mol. The SMILES string of the molecule is COc1ccc(C(=O)C(=CC(=O)O)C2=COCO2)cc1. The van der Waals surface area contributed by atoms with Gasteiger partial charge in [0.1, 0.15) is 12.0 Å². The molecule has 0 atom stereocenters. The number of carbonyl (C=O) groups excluding carboxylic acids is 1. The Morgan fingerprint density at radius 3 is 2.50 bits per heavy atom. The third kappa shape index (κ3) is 2.97. The van der Waals surface area contributed by atoms with Crippen molar-refractivity contribution >= 4 is 11.8 Å². The Bertz CT molecular complexity index is 582. The van der Waals surface area contributed by atoms with Crippen molar-refractivity contribution in [3.63, 3.8) is 0 Å². The zero-order valence-electron chi connectivity index (χ0n) is 10.7. The van der Waals surface area contributed by atoms with Crippen molar-refractivity contribution in [2.45, 2.75) is 0 Å². The molecule has 0 aromatic heterocycles. The standard InChI is InChI=1S/C14H12O6/c1-18-10-4-2-9(3-5-10)14(17)11(6-13(15)16)12-7-19-8-20-12/h2-7H,8H2,1H3,(H,15,16). The molecule has 0 saturated carbocycles. The molecule has 1 aromatic rings. The number of carbonyl (C=O) groups is 2. The second-order valence-electron chi connectivity index (χ2n) is 3.86. The van der Waals surface area contributed by atoms with Crippen molar-refractivity contribution in [1.82, 2.24) is 0 Å². The quantitative estimate of drug-likeness (QED) is 0.651. The number of carboxylic acids is 1. The fraction of sp³-hybridized carbons (Fsp3) is 0.143. The number of rotatable bonds is 5. The number of allylic oxidation sites excluding steroid dienone is 1. The summed E-state index contributed by atoms with van der Waals surface area (Å²) in [6.07, 6.45) is 2.02. The van der Waals surface area contributed by atoms with Crippen molar-refractivity contribution in [2.24, 2.45) is 0 Å². The molecule has 1 aliphatic rings. The van der Waals surface area contributed by atoms with Crippen LogP contribution in [0.25, 0.3) is 0 Å². The van der Waals surface area contributed by atoms with Crippen molar-refractivity contribution in [3.05, 3.63) is 53.5 Å². The molecule has 0 bridgehead atoms. The lowest BCUT2D eigenvalue weighted by Crippen LogP contribution is -2.09. The van der Waals surface area contributed by atoms with Crippen LogP contribution in [0.3, 0.4) is 0 Å². The Morgan fingerprint density at radius 2 is 2.00 bits per heavy atom. The molecule has 6 heteroatoms. The summed E-state index contributed by atoms with van der Waals surface area (Å²) < 4.78 is 14.9. The van der Waals surface area contributed by atoms with Crippen LogP contribution in [0.2, 0.25) is 0 Å². The largest absolute Gasteiger partial charge is 0.497 e. The first-order valence-electron chi connectivity index (χ1n) is 5.70. The molecular formula is C14H12O6. The van der Waals surface area contributed by atoms with Gasteiger partial charge in [-0.25, -0.2) is 4.79 Å². The Balaban J connectivity index is 2.32. The minimum Gasteiger partial charge on any atom is -0.497 e. The van der Waals surface area contributed by atoms with Crippen molar-refractivity contribution in [2.75, 3.05) is 13.9 Å². The van der Waals surface area contributed by atoms with Crippen LogP contribution in [-0.2, 0) is 14.3 Å². The second-order valence-corrected chi connectivity index (χ2v) is 3.86. The van der Waals surface area contributed by atoms with Gasteiger partial charge in [-0.05, 0) is 24.3 Å². The maximum absolute atomic E-state index is 12.3. The van der Waals surface area contributed by atoms with Crippen LogP contribution >= 0.6 is 0 Å². The Hall–Kier alpha value is -2.76. The lowest BCUT2D eigenvalue weighted by Gasteiger charge is -2.07. The summed E-state index contributed by atoms with van der Waals surface area (Å²) in [5.41, 5.74) is 0.259. The van der Waals surface area contributed by atoms with E-state index >= 15 is 0 Å². The van der Waals surface area contributed by atoms with E-state index in [9.17, 15) is 9.59 Å². The van der Waals surface area contributed by atoms with Crippen molar-refractivity contribution < 1.29 is 28.9 Å². The fourth-order valence-electron chi connectivity index (χ4n) is 1.65. The number of aliphatic carboxylic acids is 1. The van der Waals surface area contributed by atoms with Gasteiger partial charge in [-0.15, -0.1) is 0 Å². The zero-order chi connectivity index (χ0) is 14.5. The monoisotopic (exact) mass is 276 g/mol. The molecule has 104 valence electrons. The number of benzene rings is 1. The Morgan fingerprint density at radius 1 is 1.30 bits per heavy atom. The summed E-state index contributed by atoms with van der Waals surface area (Å²) >= 11 is 0. The zero-order valence-corrected chi connectivity index (χ0v) is 10.7. The highest BCUT2D eigenvalue weighted by atomic mass is 16.7. The third-order valence-corrected chi connectivity index (χ3v) is 2.60. The molecule has 1 aliphatic heterocycles. The minimum atomic E-state index is -1.24. The minimum absolute atomic E-state index is 0.0395. The van der Waals surface area contributed by atoms with E-state index < -0.39 is 11.8 Å². The van der Waals surface area contributed by atoms with Crippen molar-refractivity contribution in [1.29, 1.82) is 0 Å². The van der Waals surface area contributed by atoms with E-state index in [-0.39, 0.29) is 18.1 Å². The molecule has 1 aromatic carbocycles. The van der Waals surface area contributed by atoms with Gasteiger partial charge in [-0.2, -0.15) is 0 Å². The molecule has 6 nitrogen and oxygen atoms in total. The first kappa shape index (κ1) is 13.7. The molecule has 0 amide bonds. The van der Waals surface area contributed by atoms with Crippen LogP contribution in [-0.4, -0.2) is 30.8 Å². The van der Waals surface area contributed by atoms with E-state index in [0.29, 0.717) is 11.3 Å². The first-order chi connectivity index (χ1) is 9.61. The molecular weight excluding hydrogens is 264 g/mol. The summed E-state index contributed by atoms with van der Waals surface area (Å²) in [6, 6.07) is 6.33. The Labute approximate surface area is 114 Å². The van der Waals surface area contributed by atoms with Gasteiger partial charge < -0.3 is 19.3 Å². The van der Waals surface area contributed by atoms with Crippen LogP contribution in [0.1, 0.15) is 10.4 Å². The van der Waals surface area contributed by atoms with Crippen LogP contribution in [0, 0.1) is 0 Å². The maximum atomic E-state index is 12.3. The second kappa shape index (κ2) is 5.92. The lowest BCUT2D eigenvalue weighted by atomic mass is 10.0. The van der Waals surface area contributed by atoms with Gasteiger partial charge in [0.05, 0.1) is 12.7 Å². The molecule has 0 aliphatic carbocycles. The molecule has 2 rings (SSSR count). The molecule has 0 radical (unpaired) electrons. The number of Topliss-reactive ketones (excluding diaryl/α,β-unsaturated/α-hetero) is 1. The third-order valence-electron chi connectivity index (χ3n) is 2.60. The van der Waals surface area contributed by atoms with Gasteiger partial charge in [-0.1, -0.05) is 0 Å². The van der Waals surface area contributed by atoms with E-state index in [1.54, 1.807) is 24.3 Å². The first-order valence-corrected chi connectivity index (χ1v) is 5.70. The van der Waals surface area contributed by atoms with Crippen molar-refractivity contribution in [3.8, 4) is 5.75 Å². The number of ether oxygens (including phenoxy) is 3. The summed E-state index contributed by atoms with van der Waals surface area (Å²) in [6.45, 7) is -0.0395. The Kier molecular flexibility index (Phi) is 4.05. The average Bonchev–Trinajstić information content (AvgIpc) is 2.98. The number of hydrogen-bond acceptors (Lipinski definition) is 5. The summed E-state index contributed by atoms with van der Waals surface area (Å²) in [4.78, 5) is 23.1. The molecule has 0 spiro atoms. The highest BCUT2D eigenvalue weighted by Crippen LogP contribution is 2.22. The molecule has 20 heavy (non-hydrogen) atoms. The van der Waals surface area contributed by atoms with E-state index in [0.717, 1.165) is 6.08 Å². The number of ketones is 1. The van der Waals surface area contributed by atoms with Gasteiger partial charge in [0.2, 0.25) is 6.79 Å². The molecule has 0 saturated heterocycles.